The number of fused-ring (bicyclic) bond motifs is 1. The predicted octanol–water partition coefficient (Wildman–Crippen LogP) is 8.44. The van der Waals surface area contributed by atoms with Gasteiger partial charge in [-0.05, 0) is 98.7 Å². The van der Waals surface area contributed by atoms with E-state index in [4.69, 9.17) is 0 Å². The Kier molecular flexibility index (Phi) is 9.83. The monoisotopic (exact) mass is 490 g/mol. The topological polar surface area (TPSA) is 39.3 Å². The highest BCUT2D eigenvalue weighted by Gasteiger charge is 2.24. The molecule has 1 aliphatic heterocycles. The lowest BCUT2D eigenvalue weighted by Gasteiger charge is -2.34. The molecule has 36 heavy (non-hydrogen) atoms. The standard InChI is InChI=1S/C33H50N2O/c1-10-24(8)25(9)18-28(17-21(2)3)33-32(23(6)7)29-19-27(11-12-30(29)34-33)26-13-15-35(16-14-26)20-31(36)22(4)5/h11-12,17-19,22-24,26,31,34,36H,2,10,13-16,20H2,1,3-9H3/b25-18-,28-17+. The molecule has 3 heteroatoms. The number of aromatic amines is 1. The van der Waals surface area contributed by atoms with Crippen molar-refractivity contribution < 1.29 is 5.11 Å². The Bertz CT molecular complexity index is 1090. The van der Waals surface area contributed by atoms with E-state index >= 15 is 0 Å². The second-order valence-corrected chi connectivity index (χ2v) is 11.9. The molecule has 0 radical (unpaired) electrons. The maximum atomic E-state index is 10.3. The third-order valence-electron chi connectivity index (χ3n) is 8.18. The Morgan fingerprint density at radius 2 is 1.78 bits per heavy atom. The zero-order valence-electron chi connectivity index (χ0n) is 24.1. The summed E-state index contributed by atoms with van der Waals surface area (Å²) in [6.45, 7) is 24.8. The fraction of sp³-hybridized carbons (Fsp3) is 0.576. The Morgan fingerprint density at radius 3 is 2.33 bits per heavy atom. The number of nitrogens with one attached hydrogen (secondary N) is 1. The van der Waals surface area contributed by atoms with Gasteiger partial charge in [0.1, 0.15) is 0 Å². The van der Waals surface area contributed by atoms with E-state index in [9.17, 15) is 5.11 Å². The summed E-state index contributed by atoms with van der Waals surface area (Å²) in [4.78, 5) is 6.23. The van der Waals surface area contributed by atoms with Crippen molar-refractivity contribution in [2.24, 2.45) is 11.8 Å². The largest absolute Gasteiger partial charge is 0.392 e. The predicted molar refractivity (Wildman–Crippen MR) is 158 cm³/mol. The molecule has 198 valence electrons. The number of allylic oxidation sites excluding steroid dienone is 5. The van der Waals surface area contributed by atoms with Gasteiger partial charge in [0, 0.05) is 23.1 Å². The highest BCUT2D eigenvalue weighted by atomic mass is 16.3. The van der Waals surface area contributed by atoms with Crippen LogP contribution in [-0.4, -0.2) is 40.7 Å². The first-order valence-electron chi connectivity index (χ1n) is 14.1. The van der Waals surface area contributed by atoms with Crippen LogP contribution in [0.25, 0.3) is 16.5 Å². The van der Waals surface area contributed by atoms with Gasteiger partial charge in [0.25, 0.3) is 0 Å². The molecule has 0 saturated carbocycles. The number of hydrogen-bond donors (Lipinski definition) is 2. The molecule has 1 aromatic carbocycles. The van der Waals surface area contributed by atoms with Gasteiger partial charge in [-0.25, -0.2) is 0 Å². The summed E-state index contributed by atoms with van der Waals surface area (Å²) >= 11 is 0. The Hall–Kier alpha value is -2.10. The molecule has 0 amide bonds. The molecule has 0 aliphatic carbocycles. The minimum atomic E-state index is -0.232. The van der Waals surface area contributed by atoms with Crippen LogP contribution >= 0.6 is 0 Å². The number of aromatic nitrogens is 1. The Morgan fingerprint density at radius 1 is 1.11 bits per heavy atom. The molecule has 1 aliphatic rings. The van der Waals surface area contributed by atoms with Crippen LogP contribution in [0, 0.1) is 11.8 Å². The van der Waals surface area contributed by atoms with Gasteiger partial charge in [0.15, 0.2) is 0 Å². The average Bonchev–Trinajstić information content (AvgIpc) is 3.22. The summed E-state index contributed by atoms with van der Waals surface area (Å²) < 4.78 is 0. The first-order valence-corrected chi connectivity index (χ1v) is 14.1. The minimum Gasteiger partial charge on any atom is -0.392 e. The van der Waals surface area contributed by atoms with E-state index in [1.165, 1.54) is 38.9 Å². The number of benzene rings is 1. The molecule has 2 aromatic rings. The average molecular weight is 491 g/mol. The molecule has 2 heterocycles. The molecule has 0 spiro atoms. The molecule has 1 saturated heterocycles. The van der Waals surface area contributed by atoms with Gasteiger partial charge in [0.05, 0.1) is 6.10 Å². The molecular weight excluding hydrogens is 440 g/mol. The summed E-state index contributed by atoms with van der Waals surface area (Å²) in [5.74, 6) is 1.87. The number of likely N-dealkylation sites (tertiary alicyclic amines) is 1. The van der Waals surface area contributed by atoms with Crippen LogP contribution in [0.4, 0.5) is 0 Å². The normalized spacial score (nSPS) is 18.4. The number of aliphatic hydroxyl groups excluding tert-OH is 1. The third-order valence-corrected chi connectivity index (χ3v) is 8.18. The zero-order chi connectivity index (χ0) is 26.6. The first kappa shape index (κ1) is 28.5. The van der Waals surface area contributed by atoms with Crippen molar-refractivity contribution in [2.45, 2.75) is 92.6 Å². The Balaban J connectivity index is 1.95. The van der Waals surface area contributed by atoms with E-state index in [0.717, 1.165) is 44.5 Å². The summed E-state index contributed by atoms with van der Waals surface area (Å²) in [7, 11) is 0. The molecule has 3 nitrogen and oxygen atoms in total. The summed E-state index contributed by atoms with van der Waals surface area (Å²) in [6, 6.07) is 7.08. The number of rotatable bonds is 10. The molecule has 2 N–H and O–H groups in total. The van der Waals surface area contributed by atoms with E-state index in [0.29, 0.717) is 23.7 Å². The van der Waals surface area contributed by atoms with Crippen molar-refractivity contribution >= 4 is 16.5 Å². The zero-order valence-corrected chi connectivity index (χ0v) is 24.1. The van der Waals surface area contributed by atoms with E-state index in [-0.39, 0.29) is 6.10 Å². The minimum absolute atomic E-state index is 0.232. The van der Waals surface area contributed by atoms with Crippen LogP contribution < -0.4 is 0 Å². The molecule has 0 bridgehead atoms. The lowest BCUT2D eigenvalue weighted by atomic mass is 9.87. The van der Waals surface area contributed by atoms with Gasteiger partial charge in [-0.15, -0.1) is 0 Å². The molecule has 1 fully saturated rings. The SMILES string of the molecule is C=C(C)/C=C(\C=C(\C)C(C)CC)c1[nH]c2ccc(C3CCN(CC(O)C(C)C)CC3)cc2c1C(C)C. The molecule has 1 aromatic heterocycles. The molecule has 3 rings (SSSR count). The summed E-state index contributed by atoms with van der Waals surface area (Å²) in [5, 5.41) is 11.7. The van der Waals surface area contributed by atoms with Crippen LogP contribution in [0.5, 0.6) is 0 Å². The van der Waals surface area contributed by atoms with Gasteiger partial charge in [-0.1, -0.05) is 77.5 Å². The van der Waals surface area contributed by atoms with Crippen molar-refractivity contribution in [3.8, 4) is 0 Å². The summed E-state index contributed by atoms with van der Waals surface area (Å²) in [5.41, 5.74) is 9.03. The molecule has 2 atom stereocenters. The maximum Gasteiger partial charge on any atom is 0.0689 e. The second kappa shape index (κ2) is 12.4. The van der Waals surface area contributed by atoms with E-state index in [1.807, 2.05) is 0 Å². The lowest BCUT2D eigenvalue weighted by molar-refractivity contribution is 0.0657. The van der Waals surface area contributed by atoms with Gasteiger partial charge in [-0.3, -0.25) is 0 Å². The fourth-order valence-electron chi connectivity index (χ4n) is 5.40. The van der Waals surface area contributed by atoms with Gasteiger partial charge in [-0.2, -0.15) is 0 Å². The molecule has 2 unspecified atom stereocenters. The van der Waals surface area contributed by atoms with Crippen molar-refractivity contribution in [2.75, 3.05) is 19.6 Å². The van der Waals surface area contributed by atoms with Crippen LogP contribution in [-0.2, 0) is 0 Å². The third kappa shape index (κ3) is 6.81. The lowest BCUT2D eigenvalue weighted by Crippen LogP contribution is -2.40. The summed E-state index contributed by atoms with van der Waals surface area (Å²) in [6.07, 6.45) is 7.81. The Labute approximate surface area is 220 Å². The van der Waals surface area contributed by atoms with Crippen molar-refractivity contribution in [3.05, 3.63) is 64.9 Å². The van der Waals surface area contributed by atoms with Crippen LogP contribution in [0.3, 0.4) is 0 Å². The maximum absolute atomic E-state index is 10.3. The van der Waals surface area contributed by atoms with Crippen molar-refractivity contribution in [1.29, 1.82) is 0 Å². The van der Waals surface area contributed by atoms with Gasteiger partial charge >= 0.3 is 0 Å². The van der Waals surface area contributed by atoms with Crippen LogP contribution in [0.2, 0.25) is 0 Å². The van der Waals surface area contributed by atoms with E-state index < -0.39 is 0 Å². The number of H-pyrrole nitrogens is 1. The van der Waals surface area contributed by atoms with Crippen molar-refractivity contribution in [1.82, 2.24) is 9.88 Å². The van der Waals surface area contributed by atoms with E-state index in [1.54, 1.807) is 0 Å². The first-order chi connectivity index (χ1) is 17.0. The van der Waals surface area contributed by atoms with E-state index in [2.05, 4.69) is 102 Å². The number of aliphatic hydroxyl groups is 1. The number of piperidine rings is 1. The number of β-amino-alcohol motifs (C(OH)–C–C–N with tert-alkyl or cyclic N) is 1. The second-order valence-electron chi connectivity index (χ2n) is 11.9. The van der Waals surface area contributed by atoms with Crippen LogP contribution in [0.15, 0.2) is 48.1 Å². The quantitative estimate of drug-likeness (QED) is 0.328. The van der Waals surface area contributed by atoms with Gasteiger partial charge < -0.3 is 15.0 Å². The highest BCUT2D eigenvalue weighted by Crippen LogP contribution is 2.38. The fourth-order valence-corrected chi connectivity index (χ4v) is 5.40. The number of nitrogens with zero attached hydrogens (tertiary/aromatic N) is 1. The van der Waals surface area contributed by atoms with Gasteiger partial charge in [0.2, 0.25) is 0 Å². The highest BCUT2D eigenvalue weighted by molar-refractivity contribution is 5.92. The number of hydrogen-bond acceptors (Lipinski definition) is 2. The van der Waals surface area contributed by atoms with Crippen LogP contribution in [0.1, 0.15) is 103 Å². The smallest absolute Gasteiger partial charge is 0.0689 e. The molecular formula is C33H50N2O. The van der Waals surface area contributed by atoms with Crippen molar-refractivity contribution in [3.63, 3.8) is 0 Å².